The van der Waals surface area contributed by atoms with Crippen molar-refractivity contribution in [2.45, 2.75) is 82.2 Å². The van der Waals surface area contributed by atoms with E-state index in [0.29, 0.717) is 29.8 Å². The maximum atomic E-state index is 13.8. The van der Waals surface area contributed by atoms with Crippen molar-refractivity contribution < 1.29 is 4.79 Å². The Kier molecular flexibility index (Phi) is 4.98. The molecule has 1 aromatic rings. The van der Waals surface area contributed by atoms with Crippen molar-refractivity contribution in [3.8, 4) is 0 Å². The van der Waals surface area contributed by atoms with Crippen molar-refractivity contribution in [3.05, 3.63) is 35.9 Å². The molecule has 4 saturated carbocycles. The minimum atomic E-state index is -0.199. The Bertz CT molecular complexity index is 769. The highest BCUT2D eigenvalue weighted by atomic mass is 35.5. The molecule has 4 heteroatoms. The van der Waals surface area contributed by atoms with E-state index in [2.05, 4.69) is 47.9 Å². The topological polar surface area (TPSA) is 41.1 Å². The molecule has 2 N–H and O–H groups in total. The van der Waals surface area contributed by atoms with Gasteiger partial charge in [-0.2, -0.15) is 0 Å². The Hall–Kier alpha value is -1.06. The Morgan fingerprint density at radius 2 is 2.00 bits per heavy atom. The highest BCUT2D eigenvalue weighted by molar-refractivity contribution is 6.17. The summed E-state index contributed by atoms with van der Waals surface area (Å²) < 4.78 is 0. The predicted octanol–water partition coefficient (Wildman–Crippen LogP) is 4.78. The molecule has 6 atom stereocenters. The number of benzene rings is 1. The first-order chi connectivity index (χ1) is 14.0. The number of halogens is 1. The molecular formula is C25H35ClN2O. The second kappa shape index (κ2) is 7.27. The third-order valence-electron chi connectivity index (χ3n) is 8.64. The highest BCUT2D eigenvalue weighted by Gasteiger charge is 2.65. The smallest absolute Gasteiger partial charge is 0.226 e. The molecule has 158 valence electrons. The van der Waals surface area contributed by atoms with E-state index in [1.54, 1.807) is 0 Å². The molecule has 3 unspecified atom stereocenters. The normalized spacial score (nSPS) is 43.3. The van der Waals surface area contributed by atoms with E-state index in [0.717, 1.165) is 45.1 Å². The molecule has 1 amide bonds. The van der Waals surface area contributed by atoms with E-state index >= 15 is 0 Å². The molecule has 5 fully saturated rings. The lowest BCUT2D eigenvalue weighted by atomic mass is 9.38. The van der Waals surface area contributed by atoms with E-state index in [-0.39, 0.29) is 16.2 Å². The average Bonchev–Trinajstić information content (AvgIpc) is 2.68. The van der Waals surface area contributed by atoms with Gasteiger partial charge >= 0.3 is 0 Å². The summed E-state index contributed by atoms with van der Waals surface area (Å²) in [6.07, 6.45) is 10.0. The average molecular weight is 415 g/mol. The van der Waals surface area contributed by atoms with Crippen LogP contribution in [0.25, 0.3) is 0 Å². The molecule has 4 aliphatic carbocycles. The summed E-state index contributed by atoms with van der Waals surface area (Å²) in [7, 11) is 0. The zero-order valence-corrected chi connectivity index (χ0v) is 18.4. The fourth-order valence-electron chi connectivity index (χ4n) is 8.09. The number of carbonyl (C=O) groups excluding carboxylic acids is 1. The lowest BCUT2D eigenvalue weighted by Gasteiger charge is -2.66. The number of hydrogen-bond acceptors (Lipinski definition) is 2. The van der Waals surface area contributed by atoms with Crippen LogP contribution in [0.3, 0.4) is 0 Å². The number of carbonyl (C=O) groups is 1. The SMILES string of the molecule is C[C@@H]1C[C@@H](NC(=O)C23CC4CC(CCCl)(C2)C[C@](c2ccccc2)(C4)C3)CCN1. The minimum Gasteiger partial charge on any atom is -0.353 e. The monoisotopic (exact) mass is 414 g/mol. The zero-order chi connectivity index (χ0) is 20.1. The van der Waals surface area contributed by atoms with Gasteiger partial charge in [-0.3, -0.25) is 4.79 Å². The van der Waals surface area contributed by atoms with Crippen molar-refractivity contribution in [3.63, 3.8) is 0 Å². The van der Waals surface area contributed by atoms with Crippen molar-refractivity contribution in [2.24, 2.45) is 16.7 Å². The van der Waals surface area contributed by atoms with E-state index in [9.17, 15) is 4.79 Å². The van der Waals surface area contributed by atoms with Crippen LogP contribution in [-0.4, -0.2) is 30.4 Å². The Morgan fingerprint density at radius 1 is 1.17 bits per heavy atom. The van der Waals surface area contributed by atoms with Crippen molar-refractivity contribution in [2.75, 3.05) is 12.4 Å². The standard InChI is InChI=1S/C25H35ClN2O/c1-18-11-21(7-10-27-18)28-22(29)25-14-19-12-23(16-25,8-9-26)15-24(13-19,17-25)20-5-3-2-4-6-20/h2-6,18-19,21,27H,7-17H2,1H3,(H,28,29)/t18-,19?,21+,23?,24-,25?/m1/s1. The lowest BCUT2D eigenvalue weighted by molar-refractivity contribution is -0.164. The molecule has 0 aromatic heterocycles. The van der Waals surface area contributed by atoms with Crippen molar-refractivity contribution in [1.82, 2.24) is 10.6 Å². The quantitative estimate of drug-likeness (QED) is 0.680. The van der Waals surface area contributed by atoms with Gasteiger partial charge in [-0.1, -0.05) is 30.3 Å². The summed E-state index contributed by atoms with van der Waals surface area (Å²) in [4.78, 5) is 13.8. The van der Waals surface area contributed by atoms with Crippen LogP contribution in [0, 0.1) is 16.7 Å². The number of rotatable bonds is 5. The van der Waals surface area contributed by atoms with Gasteiger partial charge in [0, 0.05) is 18.0 Å². The number of hydrogen-bond donors (Lipinski definition) is 2. The molecule has 1 aliphatic heterocycles. The molecular weight excluding hydrogens is 380 g/mol. The van der Waals surface area contributed by atoms with Gasteiger partial charge in [0.1, 0.15) is 0 Å². The van der Waals surface area contributed by atoms with Gasteiger partial charge in [-0.05, 0) is 93.6 Å². The fraction of sp³-hybridized carbons (Fsp3) is 0.720. The molecule has 3 nitrogen and oxygen atoms in total. The Labute approximate surface area is 180 Å². The van der Waals surface area contributed by atoms with Gasteiger partial charge in [0.15, 0.2) is 0 Å². The summed E-state index contributed by atoms with van der Waals surface area (Å²) >= 11 is 6.32. The van der Waals surface area contributed by atoms with Crippen molar-refractivity contribution in [1.29, 1.82) is 0 Å². The fourth-order valence-corrected chi connectivity index (χ4v) is 8.49. The van der Waals surface area contributed by atoms with E-state index < -0.39 is 0 Å². The van der Waals surface area contributed by atoms with Gasteiger partial charge in [0.25, 0.3) is 0 Å². The van der Waals surface area contributed by atoms with Crippen LogP contribution >= 0.6 is 11.6 Å². The first kappa shape index (κ1) is 19.9. The van der Waals surface area contributed by atoms with Crippen LogP contribution < -0.4 is 10.6 Å². The zero-order valence-electron chi connectivity index (χ0n) is 17.7. The van der Waals surface area contributed by atoms with E-state index in [1.165, 1.54) is 24.8 Å². The molecule has 6 rings (SSSR count). The summed E-state index contributed by atoms with van der Waals surface area (Å²) in [5.41, 5.74) is 1.66. The number of piperidine rings is 1. The van der Waals surface area contributed by atoms with E-state index in [4.69, 9.17) is 11.6 Å². The molecule has 5 aliphatic rings. The number of amides is 1. The molecule has 4 bridgehead atoms. The highest BCUT2D eigenvalue weighted by Crippen LogP contribution is 2.71. The van der Waals surface area contributed by atoms with Crippen LogP contribution in [0.15, 0.2) is 30.3 Å². The summed E-state index contributed by atoms with van der Waals surface area (Å²) in [6, 6.07) is 11.9. The largest absolute Gasteiger partial charge is 0.353 e. The van der Waals surface area contributed by atoms with Crippen LogP contribution in [-0.2, 0) is 10.2 Å². The minimum absolute atomic E-state index is 0.158. The van der Waals surface area contributed by atoms with Gasteiger partial charge in [-0.15, -0.1) is 11.6 Å². The van der Waals surface area contributed by atoms with E-state index in [1.807, 2.05) is 0 Å². The second-order valence-corrected chi connectivity index (χ2v) is 11.3. The summed E-state index contributed by atoms with van der Waals surface area (Å²) in [5, 5.41) is 7.03. The van der Waals surface area contributed by atoms with Crippen LogP contribution in [0.4, 0.5) is 0 Å². The molecule has 29 heavy (non-hydrogen) atoms. The number of nitrogens with one attached hydrogen (secondary N) is 2. The molecule has 1 heterocycles. The van der Waals surface area contributed by atoms with Gasteiger partial charge in [0.2, 0.25) is 5.91 Å². The third-order valence-corrected chi connectivity index (χ3v) is 8.82. The Morgan fingerprint density at radius 3 is 2.76 bits per heavy atom. The molecule has 1 aromatic carbocycles. The number of alkyl halides is 1. The predicted molar refractivity (Wildman–Crippen MR) is 118 cm³/mol. The van der Waals surface area contributed by atoms with Crippen LogP contribution in [0.5, 0.6) is 0 Å². The second-order valence-electron chi connectivity index (χ2n) is 10.9. The maximum Gasteiger partial charge on any atom is 0.226 e. The van der Waals surface area contributed by atoms with Crippen molar-refractivity contribution >= 4 is 17.5 Å². The van der Waals surface area contributed by atoms with Gasteiger partial charge in [-0.25, -0.2) is 0 Å². The molecule has 0 radical (unpaired) electrons. The summed E-state index contributed by atoms with van der Waals surface area (Å²) in [6.45, 7) is 3.23. The first-order valence-corrected chi connectivity index (χ1v) is 12.2. The van der Waals surface area contributed by atoms with Gasteiger partial charge < -0.3 is 10.6 Å². The van der Waals surface area contributed by atoms with Gasteiger partial charge in [0.05, 0.1) is 5.41 Å². The lowest BCUT2D eigenvalue weighted by Crippen LogP contribution is -2.63. The summed E-state index contributed by atoms with van der Waals surface area (Å²) in [5.74, 6) is 1.72. The van der Waals surface area contributed by atoms with Crippen LogP contribution in [0.2, 0.25) is 0 Å². The molecule has 0 spiro atoms. The first-order valence-electron chi connectivity index (χ1n) is 11.6. The van der Waals surface area contributed by atoms with Crippen LogP contribution in [0.1, 0.15) is 70.3 Å². The molecule has 1 saturated heterocycles. The Balaban J connectivity index is 1.47. The third kappa shape index (κ3) is 3.43. The maximum absolute atomic E-state index is 13.8.